The number of likely N-dealkylation sites (tertiary alicyclic amines) is 3. The monoisotopic (exact) mass is 1210 g/mol. The van der Waals surface area contributed by atoms with Crippen LogP contribution in [0.25, 0.3) is 0 Å². The molecule has 4 fully saturated rings. The van der Waals surface area contributed by atoms with Gasteiger partial charge in [-0.25, -0.2) is 0 Å². The Labute approximate surface area is 503 Å². The molecule has 3 saturated heterocycles. The van der Waals surface area contributed by atoms with Gasteiger partial charge in [-0.05, 0) is 152 Å². The van der Waals surface area contributed by atoms with Crippen LogP contribution in [-0.2, 0) is 67.1 Å². The Hall–Kier alpha value is -7.42. The van der Waals surface area contributed by atoms with Crippen LogP contribution in [-0.4, -0.2) is 199 Å². The number of hydrogen-bond donors (Lipinski definition) is 11. The molecule has 11 N–H and O–H groups in total. The summed E-state index contributed by atoms with van der Waals surface area (Å²) < 4.78 is 0. The molecule has 3 heterocycles. The molecule has 0 spiro atoms. The van der Waals surface area contributed by atoms with E-state index >= 15 is 0 Å². The molecule has 86 heavy (non-hydrogen) atoms. The second-order valence-electron chi connectivity index (χ2n) is 26.0. The summed E-state index contributed by atoms with van der Waals surface area (Å²) in [7, 11) is 0. The van der Waals surface area contributed by atoms with Gasteiger partial charge in [-0.3, -0.25) is 67.1 Å². The first-order chi connectivity index (χ1) is 39.8. The molecular formula is C58H95N13O15. The molecule has 28 heteroatoms. The number of hydrogen-bond acceptors (Lipinski definition) is 14. The van der Waals surface area contributed by atoms with Gasteiger partial charge in [-0.2, -0.15) is 0 Å². The fourth-order valence-corrected chi connectivity index (χ4v) is 10.6. The zero-order valence-electron chi connectivity index (χ0n) is 52.5. The van der Waals surface area contributed by atoms with Crippen molar-refractivity contribution in [3.8, 4) is 0 Å². The maximum Gasteiger partial charge on any atom is 0.322 e. The summed E-state index contributed by atoms with van der Waals surface area (Å²) in [6.07, 6.45) is 5.33. The average molecular weight is 1210 g/mol. The van der Waals surface area contributed by atoms with E-state index in [2.05, 4.69) is 53.2 Å². The fraction of sp³-hybridized carbons (Fsp3) is 0.759. The van der Waals surface area contributed by atoms with E-state index in [1.807, 2.05) is 13.8 Å². The maximum absolute atomic E-state index is 14.2. The lowest BCUT2D eigenvalue weighted by molar-refractivity contribution is -0.151. The molecule has 2 unspecified atom stereocenters. The lowest BCUT2D eigenvalue weighted by Gasteiger charge is -2.42. The first kappa shape index (κ1) is 71.1. The number of carboxylic acid groups (broad SMARTS) is 1. The van der Waals surface area contributed by atoms with Gasteiger partial charge in [0.1, 0.15) is 63.9 Å². The zero-order chi connectivity index (χ0) is 64.9. The molecule has 4 rings (SSSR count). The van der Waals surface area contributed by atoms with Crippen LogP contribution in [0.3, 0.4) is 0 Å². The van der Waals surface area contributed by atoms with Crippen molar-refractivity contribution in [3.05, 3.63) is 0 Å². The minimum absolute atomic E-state index is 0.0766. The Kier molecular flexibility index (Phi) is 24.2. The van der Waals surface area contributed by atoms with E-state index in [0.717, 1.165) is 12.8 Å². The predicted molar refractivity (Wildman–Crippen MR) is 312 cm³/mol. The summed E-state index contributed by atoms with van der Waals surface area (Å²) in [6, 6.07) is -3.83. The molecular weight excluding hydrogens is 1120 g/mol. The SMILES string of the molecule is CCC(C)(NC(=O)C1CCCCN1C(=O)C(C)(C)NC(=O)[C@@H]1CCCCN1C(C)=O)C(=O)NC(C)(C)C(=O)N[C@@H](CC(C)C)C(=O)NCCC(=O)NCC(=O)NC1(C(=O)NC(C)(C)C(=O)N2CCCC[C@H]2C(=O)NC(C)(C)C(=O)NCC(=O)O)CC1. The zero-order valence-corrected chi connectivity index (χ0v) is 52.5. The summed E-state index contributed by atoms with van der Waals surface area (Å²) in [4.78, 5) is 191. The van der Waals surface area contributed by atoms with E-state index in [4.69, 9.17) is 5.11 Å². The van der Waals surface area contributed by atoms with Crippen molar-refractivity contribution >= 4 is 82.8 Å². The molecule has 0 aromatic rings. The van der Waals surface area contributed by atoms with Crippen molar-refractivity contribution < 1.29 is 72.2 Å². The van der Waals surface area contributed by atoms with Gasteiger partial charge in [-0.15, -0.1) is 0 Å². The van der Waals surface area contributed by atoms with Crippen molar-refractivity contribution in [3.63, 3.8) is 0 Å². The lowest BCUT2D eigenvalue weighted by atomic mass is 9.91. The number of carboxylic acids is 1. The maximum atomic E-state index is 14.2. The van der Waals surface area contributed by atoms with Gasteiger partial charge in [0.25, 0.3) is 0 Å². The van der Waals surface area contributed by atoms with Crippen LogP contribution < -0.4 is 53.2 Å². The van der Waals surface area contributed by atoms with Crippen molar-refractivity contribution in [2.24, 2.45) is 5.92 Å². The van der Waals surface area contributed by atoms with E-state index in [1.54, 1.807) is 20.8 Å². The standard InChI is InChI=1S/C58H95N13O15/c1-14-57(13,66-46(80)39-23-17-20-30-71(39)51(85)55(9,10)65-44(78)37-21-15-18-28-69(37)35(4)72)49(83)67-54(7,8)48(82)62-36(31-34(2)3)43(77)59-27-24-40(73)60-32-41(74)63-58(25-26-58)50(84)68-56(11,12)52(86)70-29-19-16-22-38(70)45(79)64-53(5,6)47(81)61-33-42(75)76/h34,36-39H,14-33H2,1-13H3,(H,59,77)(H,60,73)(H,61,81)(H,62,82)(H,63,74)(H,64,79)(H,65,78)(H,66,80)(H,67,83)(H,68,84)(H,75,76)/t36-,37-,38-,39?,57?/m0/s1. The summed E-state index contributed by atoms with van der Waals surface area (Å²) in [6.45, 7) is 19.4. The number of nitrogens with zero attached hydrogens (tertiary/aromatic N) is 3. The number of aliphatic carboxylic acids is 1. The van der Waals surface area contributed by atoms with Crippen molar-refractivity contribution in [2.45, 2.75) is 237 Å². The van der Waals surface area contributed by atoms with Crippen LogP contribution in [0, 0.1) is 5.92 Å². The number of carbonyl (C=O) groups is 14. The van der Waals surface area contributed by atoms with Crippen LogP contribution in [0.4, 0.5) is 0 Å². The highest BCUT2D eigenvalue weighted by molar-refractivity contribution is 6.02. The largest absolute Gasteiger partial charge is 0.480 e. The van der Waals surface area contributed by atoms with Crippen LogP contribution in [0.5, 0.6) is 0 Å². The minimum Gasteiger partial charge on any atom is -0.480 e. The van der Waals surface area contributed by atoms with Gasteiger partial charge in [0.05, 0.1) is 6.54 Å². The molecule has 1 aliphatic carbocycles. The molecule has 1 saturated carbocycles. The topological polar surface area (TPSA) is 389 Å². The number of nitrogens with one attached hydrogen (secondary N) is 10. The van der Waals surface area contributed by atoms with Crippen molar-refractivity contribution in [2.75, 3.05) is 39.3 Å². The smallest absolute Gasteiger partial charge is 0.322 e. The van der Waals surface area contributed by atoms with Gasteiger partial charge in [0.2, 0.25) is 76.8 Å². The molecule has 482 valence electrons. The second kappa shape index (κ2) is 29.3. The van der Waals surface area contributed by atoms with E-state index in [0.29, 0.717) is 38.6 Å². The third-order valence-corrected chi connectivity index (χ3v) is 16.3. The Bertz CT molecular complexity index is 2620. The Morgan fingerprint density at radius 3 is 1.48 bits per heavy atom. The average Bonchev–Trinajstić information content (AvgIpc) is 1.82. The molecule has 5 atom stereocenters. The molecule has 3 aliphatic heterocycles. The van der Waals surface area contributed by atoms with Crippen molar-refractivity contribution in [1.82, 2.24) is 67.9 Å². The Morgan fingerprint density at radius 2 is 1.00 bits per heavy atom. The van der Waals surface area contributed by atoms with Gasteiger partial charge < -0.3 is 73.0 Å². The highest BCUT2D eigenvalue weighted by Gasteiger charge is 2.54. The van der Waals surface area contributed by atoms with Crippen LogP contribution in [0.15, 0.2) is 0 Å². The van der Waals surface area contributed by atoms with Gasteiger partial charge in [0.15, 0.2) is 0 Å². The third-order valence-electron chi connectivity index (χ3n) is 16.3. The molecule has 13 amide bonds. The number of amides is 13. The minimum atomic E-state index is -1.64. The summed E-state index contributed by atoms with van der Waals surface area (Å²) >= 11 is 0. The van der Waals surface area contributed by atoms with E-state index in [-0.39, 0.29) is 76.4 Å². The van der Waals surface area contributed by atoms with Crippen LogP contribution in [0.2, 0.25) is 0 Å². The summed E-state index contributed by atoms with van der Waals surface area (Å²) in [5.41, 5.74) is -9.13. The molecule has 28 nitrogen and oxygen atoms in total. The highest BCUT2D eigenvalue weighted by atomic mass is 16.4. The Morgan fingerprint density at radius 1 is 0.535 bits per heavy atom. The highest BCUT2D eigenvalue weighted by Crippen LogP contribution is 2.36. The number of carbonyl (C=O) groups excluding carboxylic acids is 13. The van der Waals surface area contributed by atoms with E-state index in [9.17, 15) is 67.1 Å². The van der Waals surface area contributed by atoms with Gasteiger partial charge in [-0.1, -0.05) is 20.8 Å². The quantitative estimate of drug-likeness (QED) is 0.0471. The molecule has 0 radical (unpaired) electrons. The van der Waals surface area contributed by atoms with Gasteiger partial charge in [0, 0.05) is 39.5 Å². The third kappa shape index (κ3) is 19.0. The van der Waals surface area contributed by atoms with Crippen LogP contribution in [0.1, 0.15) is 180 Å². The summed E-state index contributed by atoms with van der Waals surface area (Å²) in [5.74, 6) is -9.20. The molecule has 0 bridgehead atoms. The molecule has 0 aromatic carbocycles. The second-order valence-corrected chi connectivity index (χ2v) is 26.0. The van der Waals surface area contributed by atoms with Gasteiger partial charge >= 0.3 is 5.97 Å². The van der Waals surface area contributed by atoms with E-state index < -0.39 is 147 Å². The number of piperidine rings is 3. The van der Waals surface area contributed by atoms with E-state index in [1.165, 1.54) is 70.1 Å². The Balaban J connectivity index is 1.27. The van der Waals surface area contributed by atoms with Crippen LogP contribution >= 0.6 is 0 Å². The fourth-order valence-electron chi connectivity index (χ4n) is 10.6. The predicted octanol–water partition coefficient (Wildman–Crippen LogP) is -0.983. The van der Waals surface area contributed by atoms with Crippen molar-refractivity contribution in [1.29, 1.82) is 0 Å². The molecule has 4 aliphatic rings. The first-order valence-corrected chi connectivity index (χ1v) is 30.0. The first-order valence-electron chi connectivity index (χ1n) is 30.0. The lowest BCUT2D eigenvalue weighted by Crippen LogP contribution is -2.67. The summed E-state index contributed by atoms with van der Waals surface area (Å²) in [5, 5.41) is 35.3. The molecule has 0 aromatic heterocycles. The number of rotatable bonds is 27. The normalized spacial score (nSPS) is 19.8.